The highest BCUT2D eigenvalue weighted by molar-refractivity contribution is 5.80. The maximum Gasteiger partial charge on any atom is 0.573 e. The average Bonchev–Trinajstić information content (AvgIpc) is 3.06. The molecule has 2 aliphatic rings. The number of hydrogen-bond donors (Lipinski definition) is 0. The molecule has 31 heavy (non-hydrogen) atoms. The highest BCUT2D eigenvalue weighted by Gasteiger charge is 2.31. The number of aryl methyl sites for hydroxylation is 2. The molecule has 0 unspecified atom stereocenters. The van der Waals surface area contributed by atoms with Gasteiger partial charge in [-0.05, 0) is 54.2 Å². The molecule has 0 radical (unpaired) electrons. The van der Waals surface area contributed by atoms with Crippen molar-refractivity contribution in [2.24, 2.45) is 0 Å². The van der Waals surface area contributed by atoms with E-state index in [-0.39, 0.29) is 11.6 Å². The molecule has 0 spiro atoms. The zero-order valence-electron chi connectivity index (χ0n) is 16.8. The number of aromatic nitrogens is 2. The Kier molecular flexibility index (Phi) is 4.97. The predicted molar refractivity (Wildman–Crippen MR) is 109 cm³/mol. The van der Waals surface area contributed by atoms with Crippen LogP contribution in [0, 0.1) is 5.82 Å². The Hall–Kier alpha value is -2.87. The van der Waals surface area contributed by atoms with Crippen LogP contribution in [0.2, 0.25) is 0 Å². The fourth-order valence-electron chi connectivity index (χ4n) is 4.53. The number of halogens is 4. The van der Waals surface area contributed by atoms with Gasteiger partial charge in [-0.15, -0.1) is 13.2 Å². The summed E-state index contributed by atoms with van der Waals surface area (Å²) in [6.45, 7) is 3.11. The highest BCUT2D eigenvalue weighted by atomic mass is 19.4. The largest absolute Gasteiger partial charge is 0.573 e. The molecule has 2 aliphatic heterocycles. The third kappa shape index (κ3) is 4.17. The van der Waals surface area contributed by atoms with E-state index in [1.165, 1.54) is 18.2 Å². The third-order valence-electron chi connectivity index (χ3n) is 5.91. The van der Waals surface area contributed by atoms with Crippen LogP contribution in [0.3, 0.4) is 0 Å². The molecule has 0 fully saturated rings. The van der Waals surface area contributed by atoms with Crippen LogP contribution in [0.15, 0.2) is 42.5 Å². The molecule has 0 bridgehead atoms. The molecule has 2 aromatic carbocycles. The second kappa shape index (κ2) is 7.67. The monoisotopic (exact) mass is 431 g/mol. The van der Waals surface area contributed by atoms with E-state index in [2.05, 4.69) is 20.3 Å². The average molecular weight is 431 g/mol. The molecule has 0 aliphatic carbocycles. The van der Waals surface area contributed by atoms with Crippen molar-refractivity contribution >= 4 is 16.6 Å². The molecule has 3 heterocycles. The van der Waals surface area contributed by atoms with E-state index in [0.717, 1.165) is 72.5 Å². The zero-order chi connectivity index (χ0) is 21.6. The van der Waals surface area contributed by atoms with Gasteiger partial charge in [0.1, 0.15) is 17.4 Å². The Morgan fingerprint density at radius 1 is 1.03 bits per heavy atom. The van der Waals surface area contributed by atoms with Gasteiger partial charge in [0.25, 0.3) is 0 Å². The number of imidazole rings is 1. The minimum Gasteiger partial charge on any atom is -0.406 e. The van der Waals surface area contributed by atoms with Gasteiger partial charge in [-0.2, -0.15) is 0 Å². The first-order valence-corrected chi connectivity index (χ1v) is 10.3. The summed E-state index contributed by atoms with van der Waals surface area (Å²) in [4.78, 5) is 6.99. The fourth-order valence-corrected chi connectivity index (χ4v) is 4.53. The Balaban J connectivity index is 1.29. The number of rotatable bonds is 4. The minimum absolute atomic E-state index is 0.217. The SMILES string of the molecule is Fc1cc2c3c(c1)nc(CN1CC=C(c4ccc(OC(F)(F)F)cc4)CC1)n3CCC2. The van der Waals surface area contributed by atoms with Crippen molar-refractivity contribution in [1.82, 2.24) is 14.5 Å². The number of nitrogens with zero attached hydrogens (tertiary/aromatic N) is 3. The van der Waals surface area contributed by atoms with Crippen LogP contribution in [-0.2, 0) is 19.5 Å². The van der Waals surface area contributed by atoms with Crippen molar-refractivity contribution in [1.29, 1.82) is 0 Å². The molecule has 1 aromatic heterocycles. The van der Waals surface area contributed by atoms with E-state index < -0.39 is 6.36 Å². The van der Waals surface area contributed by atoms with Crippen LogP contribution in [0.4, 0.5) is 17.6 Å². The molecule has 4 nitrogen and oxygen atoms in total. The van der Waals surface area contributed by atoms with Gasteiger partial charge in [-0.25, -0.2) is 9.37 Å². The van der Waals surface area contributed by atoms with E-state index in [1.807, 2.05) is 0 Å². The lowest BCUT2D eigenvalue weighted by atomic mass is 9.99. The lowest BCUT2D eigenvalue weighted by Crippen LogP contribution is -2.29. The third-order valence-corrected chi connectivity index (χ3v) is 5.91. The predicted octanol–water partition coefficient (Wildman–Crippen LogP) is 5.31. The Labute approximate surface area is 176 Å². The van der Waals surface area contributed by atoms with Crippen LogP contribution in [0.1, 0.15) is 29.8 Å². The van der Waals surface area contributed by atoms with Crippen molar-refractivity contribution in [3.05, 3.63) is 65.2 Å². The number of benzene rings is 2. The summed E-state index contributed by atoms with van der Waals surface area (Å²) in [5, 5.41) is 0. The highest BCUT2D eigenvalue weighted by Crippen LogP contribution is 2.30. The molecule has 0 N–H and O–H groups in total. The number of alkyl halides is 3. The second-order valence-corrected chi connectivity index (χ2v) is 8.00. The van der Waals surface area contributed by atoms with Gasteiger partial charge in [0.15, 0.2) is 0 Å². The van der Waals surface area contributed by atoms with E-state index in [9.17, 15) is 17.6 Å². The first-order chi connectivity index (χ1) is 14.9. The van der Waals surface area contributed by atoms with Crippen molar-refractivity contribution in [2.45, 2.75) is 38.7 Å². The van der Waals surface area contributed by atoms with Gasteiger partial charge in [0, 0.05) is 25.7 Å². The molecule has 0 saturated carbocycles. The Bertz CT molecular complexity index is 1150. The maximum atomic E-state index is 13.9. The Morgan fingerprint density at radius 2 is 1.84 bits per heavy atom. The first-order valence-electron chi connectivity index (χ1n) is 10.3. The van der Waals surface area contributed by atoms with Crippen molar-refractivity contribution < 1.29 is 22.3 Å². The topological polar surface area (TPSA) is 30.3 Å². The second-order valence-electron chi connectivity index (χ2n) is 8.00. The summed E-state index contributed by atoms with van der Waals surface area (Å²) in [6, 6.07) is 9.12. The number of hydrogen-bond acceptors (Lipinski definition) is 3. The van der Waals surface area contributed by atoms with Crippen LogP contribution >= 0.6 is 0 Å². The quantitative estimate of drug-likeness (QED) is 0.525. The molecule has 0 amide bonds. The normalized spacial score (nSPS) is 17.1. The van der Waals surface area contributed by atoms with Crippen LogP contribution in [-0.4, -0.2) is 33.9 Å². The molecule has 0 atom stereocenters. The number of ether oxygens (including phenoxy) is 1. The molecule has 0 saturated heterocycles. The Morgan fingerprint density at radius 3 is 2.55 bits per heavy atom. The fraction of sp³-hybridized carbons (Fsp3) is 0.348. The van der Waals surface area contributed by atoms with Gasteiger partial charge < -0.3 is 9.30 Å². The van der Waals surface area contributed by atoms with Crippen molar-refractivity contribution in [2.75, 3.05) is 13.1 Å². The van der Waals surface area contributed by atoms with Gasteiger partial charge in [0.05, 0.1) is 17.6 Å². The van der Waals surface area contributed by atoms with Crippen LogP contribution in [0.5, 0.6) is 5.75 Å². The summed E-state index contributed by atoms with van der Waals surface area (Å²) < 4.78 is 57.0. The maximum absolute atomic E-state index is 13.9. The van der Waals surface area contributed by atoms with Gasteiger partial charge in [-0.1, -0.05) is 18.2 Å². The zero-order valence-corrected chi connectivity index (χ0v) is 16.8. The van der Waals surface area contributed by atoms with Gasteiger partial charge in [0.2, 0.25) is 0 Å². The van der Waals surface area contributed by atoms with Gasteiger partial charge in [-0.3, -0.25) is 4.90 Å². The standard InChI is InChI=1S/C23H21F4N3O/c24-18-12-17-2-1-9-30-21(28-20(13-18)22(17)30)14-29-10-7-16(8-11-29)15-3-5-19(6-4-15)31-23(25,26)27/h3-7,12-13H,1-2,8-11,14H2. The van der Waals surface area contributed by atoms with E-state index in [4.69, 9.17) is 4.98 Å². The van der Waals surface area contributed by atoms with Crippen LogP contribution < -0.4 is 4.74 Å². The van der Waals surface area contributed by atoms with Crippen LogP contribution in [0.25, 0.3) is 16.6 Å². The van der Waals surface area contributed by atoms with E-state index >= 15 is 0 Å². The molecule has 5 rings (SSSR count). The minimum atomic E-state index is -4.68. The van der Waals surface area contributed by atoms with Gasteiger partial charge >= 0.3 is 6.36 Å². The van der Waals surface area contributed by atoms with Crippen molar-refractivity contribution in [3.8, 4) is 5.75 Å². The molecule has 162 valence electrons. The van der Waals surface area contributed by atoms with E-state index in [1.54, 1.807) is 18.2 Å². The first kappa shape index (κ1) is 20.1. The summed E-state index contributed by atoms with van der Waals surface area (Å²) in [5.74, 6) is 0.496. The summed E-state index contributed by atoms with van der Waals surface area (Å²) in [6.07, 6.45) is 0.0668. The summed E-state index contributed by atoms with van der Waals surface area (Å²) in [5.41, 5.74) is 4.81. The summed E-state index contributed by atoms with van der Waals surface area (Å²) in [7, 11) is 0. The smallest absolute Gasteiger partial charge is 0.406 e. The molecule has 8 heteroatoms. The van der Waals surface area contributed by atoms with E-state index in [0.29, 0.717) is 6.54 Å². The molecular formula is C23H21F4N3O. The lowest BCUT2D eigenvalue weighted by Gasteiger charge is -2.27. The molecular weight excluding hydrogens is 410 g/mol. The molecule has 3 aromatic rings. The lowest BCUT2D eigenvalue weighted by molar-refractivity contribution is -0.274. The summed E-state index contributed by atoms with van der Waals surface area (Å²) >= 11 is 0. The van der Waals surface area contributed by atoms with Crippen molar-refractivity contribution in [3.63, 3.8) is 0 Å².